The number of nitrogens with zero attached hydrogens (tertiary/aromatic N) is 4. The lowest BCUT2D eigenvalue weighted by molar-refractivity contribution is 0.102. The first-order chi connectivity index (χ1) is 17.8. The molecule has 6 rings (SSSR count). The molecule has 1 saturated carbocycles. The van der Waals surface area contributed by atoms with Gasteiger partial charge in [-0.3, -0.25) is 0 Å². The van der Waals surface area contributed by atoms with Gasteiger partial charge in [0.25, 0.3) is 0 Å². The van der Waals surface area contributed by atoms with E-state index in [9.17, 15) is 0 Å². The second-order valence-corrected chi connectivity index (χ2v) is 12.4. The first-order valence-corrected chi connectivity index (χ1v) is 14.0. The summed E-state index contributed by atoms with van der Waals surface area (Å²) in [5.74, 6) is 3.20. The molecule has 37 heavy (non-hydrogen) atoms. The molecule has 0 radical (unpaired) electrons. The molecule has 0 N–H and O–H groups in total. The molecule has 1 fully saturated rings. The molecule has 1 aromatic heterocycles. The maximum atomic E-state index is 5.50. The first-order valence-electron chi connectivity index (χ1n) is 14.0. The summed E-state index contributed by atoms with van der Waals surface area (Å²) in [5.41, 5.74) is 4.80. The Bertz CT molecular complexity index is 1300. The van der Waals surface area contributed by atoms with Gasteiger partial charge in [0.2, 0.25) is 0 Å². The van der Waals surface area contributed by atoms with Crippen molar-refractivity contribution in [3.8, 4) is 0 Å². The summed E-state index contributed by atoms with van der Waals surface area (Å²) in [6, 6.07) is 19.4. The van der Waals surface area contributed by atoms with E-state index < -0.39 is 0 Å². The lowest BCUT2D eigenvalue weighted by atomic mass is 9.59. The Kier molecular flexibility index (Phi) is 5.70. The predicted octanol–water partition coefficient (Wildman–Crippen LogP) is 8.51. The quantitative estimate of drug-likeness (QED) is 0.334. The van der Waals surface area contributed by atoms with Crippen molar-refractivity contribution in [1.29, 1.82) is 0 Å². The van der Waals surface area contributed by atoms with E-state index in [4.69, 9.17) is 9.97 Å². The molecule has 3 heterocycles. The molecular weight excluding hydrogens is 452 g/mol. The predicted molar refractivity (Wildman–Crippen MR) is 154 cm³/mol. The fraction of sp³-hybridized carbons (Fsp3) is 0.455. The molecule has 0 amide bonds. The van der Waals surface area contributed by atoms with Gasteiger partial charge >= 0.3 is 0 Å². The summed E-state index contributed by atoms with van der Waals surface area (Å²) in [6.07, 6.45) is 9.59. The van der Waals surface area contributed by atoms with Crippen molar-refractivity contribution in [2.45, 2.75) is 77.8 Å². The Hall–Kier alpha value is -3.14. The summed E-state index contributed by atoms with van der Waals surface area (Å²) in [4.78, 5) is 15.6. The van der Waals surface area contributed by atoms with Gasteiger partial charge in [0, 0.05) is 28.6 Å². The van der Waals surface area contributed by atoms with Crippen molar-refractivity contribution in [3.05, 3.63) is 84.7 Å². The lowest BCUT2D eigenvalue weighted by Crippen LogP contribution is -2.48. The minimum atomic E-state index is -0.107. The molecule has 0 bridgehead atoms. The van der Waals surface area contributed by atoms with Crippen molar-refractivity contribution in [1.82, 2.24) is 9.97 Å². The highest BCUT2D eigenvalue weighted by molar-refractivity contribution is 5.86. The third-order valence-electron chi connectivity index (χ3n) is 10.2. The van der Waals surface area contributed by atoms with Crippen LogP contribution in [0.4, 0.5) is 23.0 Å². The SMILES string of the molecule is C=CC1c2ccccc2N2c3nc(C(C)(C)C(C)(C)C4CCCC4)cnc3N(c3ccccc3)C2C1C. The molecule has 3 aromatic rings. The van der Waals surface area contributed by atoms with Gasteiger partial charge in [-0.05, 0) is 47.9 Å². The number of hydrogen-bond acceptors (Lipinski definition) is 4. The van der Waals surface area contributed by atoms with Gasteiger partial charge in [0.1, 0.15) is 6.17 Å². The average molecular weight is 493 g/mol. The van der Waals surface area contributed by atoms with E-state index in [0.717, 1.165) is 28.9 Å². The van der Waals surface area contributed by atoms with Crippen LogP contribution in [0, 0.1) is 17.3 Å². The maximum absolute atomic E-state index is 5.50. The van der Waals surface area contributed by atoms with Crippen molar-refractivity contribution in [2.24, 2.45) is 17.3 Å². The lowest BCUT2D eigenvalue weighted by Gasteiger charge is -2.46. The zero-order valence-electron chi connectivity index (χ0n) is 23.0. The van der Waals surface area contributed by atoms with Crippen molar-refractivity contribution >= 4 is 23.0 Å². The van der Waals surface area contributed by atoms with Crippen LogP contribution in [-0.2, 0) is 5.41 Å². The van der Waals surface area contributed by atoms with Crippen LogP contribution in [0.15, 0.2) is 73.4 Å². The van der Waals surface area contributed by atoms with Crippen LogP contribution in [0.25, 0.3) is 0 Å². The molecule has 3 atom stereocenters. The number of aromatic nitrogens is 2. The third-order valence-corrected chi connectivity index (χ3v) is 10.2. The van der Waals surface area contributed by atoms with Crippen LogP contribution in [0.2, 0.25) is 0 Å². The summed E-state index contributed by atoms with van der Waals surface area (Å²) >= 11 is 0. The molecule has 0 spiro atoms. The number of anilines is 4. The van der Waals surface area contributed by atoms with Crippen molar-refractivity contribution in [3.63, 3.8) is 0 Å². The largest absolute Gasteiger partial charge is 0.302 e. The molecule has 4 heteroatoms. The molecule has 3 aliphatic rings. The molecule has 2 aliphatic heterocycles. The normalized spacial score (nSPS) is 23.5. The minimum absolute atomic E-state index is 0.0801. The van der Waals surface area contributed by atoms with Crippen LogP contribution in [0.1, 0.15) is 77.5 Å². The van der Waals surface area contributed by atoms with Crippen LogP contribution >= 0.6 is 0 Å². The van der Waals surface area contributed by atoms with E-state index in [0.29, 0.717) is 5.92 Å². The van der Waals surface area contributed by atoms with Crippen LogP contribution < -0.4 is 9.80 Å². The van der Waals surface area contributed by atoms with Crippen molar-refractivity contribution < 1.29 is 0 Å². The number of fused-ring (bicyclic) bond motifs is 5. The fourth-order valence-corrected chi connectivity index (χ4v) is 7.25. The summed E-state index contributed by atoms with van der Waals surface area (Å²) in [7, 11) is 0. The highest BCUT2D eigenvalue weighted by atomic mass is 15.5. The van der Waals surface area contributed by atoms with Gasteiger partial charge < -0.3 is 9.80 Å². The number of rotatable bonds is 5. The minimum Gasteiger partial charge on any atom is -0.302 e. The van der Waals surface area contributed by atoms with E-state index >= 15 is 0 Å². The second kappa shape index (κ2) is 8.72. The third kappa shape index (κ3) is 3.48. The van der Waals surface area contributed by atoms with Crippen LogP contribution in [-0.4, -0.2) is 16.1 Å². The Balaban J connectivity index is 1.54. The molecule has 1 aliphatic carbocycles. The van der Waals surface area contributed by atoms with E-state index in [2.05, 4.69) is 118 Å². The molecule has 3 unspecified atom stereocenters. The van der Waals surface area contributed by atoms with E-state index in [1.54, 1.807) is 0 Å². The first kappa shape index (κ1) is 24.2. The van der Waals surface area contributed by atoms with Crippen LogP contribution in [0.3, 0.4) is 0 Å². The zero-order chi connectivity index (χ0) is 25.9. The standard InChI is InChI=1S/C33H40N4/c1-7-25-22(2)31-36(24-17-9-8-10-18-24)29-30(37(31)27-20-14-13-19-26(25)27)35-28(21-34-29)33(5,6)32(3,4)23-15-11-12-16-23/h7-10,13-14,17-23,25,31H,1,11-12,15-16H2,2-6H3. The van der Waals surface area contributed by atoms with Gasteiger partial charge in [-0.2, -0.15) is 0 Å². The van der Waals surface area contributed by atoms with Gasteiger partial charge in [-0.15, -0.1) is 6.58 Å². The zero-order valence-corrected chi connectivity index (χ0v) is 23.0. The molecule has 2 aromatic carbocycles. The maximum Gasteiger partial charge on any atom is 0.178 e. The highest BCUT2D eigenvalue weighted by Gasteiger charge is 2.51. The van der Waals surface area contributed by atoms with Gasteiger partial charge in [0.15, 0.2) is 11.6 Å². The van der Waals surface area contributed by atoms with Crippen molar-refractivity contribution in [2.75, 3.05) is 9.80 Å². The smallest absolute Gasteiger partial charge is 0.178 e. The monoisotopic (exact) mass is 492 g/mol. The molecular formula is C33H40N4. The summed E-state index contributed by atoms with van der Waals surface area (Å²) in [6.45, 7) is 16.2. The topological polar surface area (TPSA) is 32.3 Å². The Morgan fingerprint density at radius 1 is 0.892 bits per heavy atom. The number of benzene rings is 2. The number of allylic oxidation sites excluding steroid dienone is 1. The fourth-order valence-electron chi connectivity index (χ4n) is 7.25. The van der Waals surface area contributed by atoms with E-state index in [1.165, 1.54) is 36.9 Å². The summed E-state index contributed by atoms with van der Waals surface area (Å²) in [5, 5.41) is 0. The molecule has 0 saturated heterocycles. The van der Waals surface area contributed by atoms with Gasteiger partial charge in [0.05, 0.1) is 11.9 Å². The number of para-hydroxylation sites is 2. The Labute approximate surface area is 222 Å². The van der Waals surface area contributed by atoms with E-state index in [-0.39, 0.29) is 22.9 Å². The number of hydrogen-bond donors (Lipinski definition) is 0. The van der Waals surface area contributed by atoms with Gasteiger partial charge in [-0.25, -0.2) is 9.97 Å². The van der Waals surface area contributed by atoms with E-state index in [1.807, 2.05) is 0 Å². The summed E-state index contributed by atoms with van der Waals surface area (Å²) < 4.78 is 0. The van der Waals surface area contributed by atoms with Crippen LogP contribution in [0.5, 0.6) is 0 Å². The Morgan fingerprint density at radius 3 is 2.27 bits per heavy atom. The average Bonchev–Trinajstić information content (AvgIpc) is 3.57. The molecule has 4 nitrogen and oxygen atoms in total. The Morgan fingerprint density at radius 2 is 1.57 bits per heavy atom. The highest BCUT2D eigenvalue weighted by Crippen LogP contribution is 2.56. The second-order valence-electron chi connectivity index (χ2n) is 12.4. The van der Waals surface area contributed by atoms with Gasteiger partial charge in [-0.1, -0.05) is 89.9 Å². The molecule has 192 valence electrons.